The summed E-state index contributed by atoms with van der Waals surface area (Å²) >= 11 is 1.26. The maximum atomic E-state index is 12.8. The van der Waals surface area contributed by atoms with Crippen molar-refractivity contribution < 1.29 is 13.2 Å². The third-order valence-electron chi connectivity index (χ3n) is 4.28. The molecule has 0 aliphatic carbocycles. The zero-order valence-corrected chi connectivity index (χ0v) is 15.6. The molecule has 1 aliphatic heterocycles. The summed E-state index contributed by atoms with van der Waals surface area (Å²) in [6.07, 6.45) is 1.32. The Labute approximate surface area is 151 Å². The number of benzene rings is 1. The minimum Gasteiger partial charge on any atom is -0.397 e. The zero-order valence-electron chi connectivity index (χ0n) is 13.9. The first-order valence-electron chi connectivity index (χ1n) is 8.10. The molecule has 2 aromatic rings. The van der Waals surface area contributed by atoms with Gasteiger partial charge in [0.2, 0.25) is 5.91 Å². The van der Waals surface area contributed by atoms with Crippen molar-refractivity contribution in [3.63, 3.8) is 0 Å². The summed E-state index contributed by atoms with van der Waals surface area (Å²) in [6.45, 7) is 2.51. The summed E-state index contributed by atoms with van der Waals surface area (Å²) in [4.78, 5) is 13.5. The lowest BCUT2D eigenvalue weighted by molar-refractivity contribution is -0.120. The number of nitrogens with one attached hydrogen (secondary N) is 1. The van der Waals surface area contributed by atoms with Gasteiger partial charge in [0.15, 0.2) is 0 Å². The van der Waals surface area contributed by atoms with Crippen LogP contribution >= 0.6 is 11.3 Å². The number of nitrogen functional groups attached to an aromatic ring is 1. The fourth-order valence-corrected chi connectivity index (χ4v) is 5.86. The van der Waals surface area contributed by atoms with Crippen LogP contribution in [0, 0.1) is 12.8 Å². The largest absolute Gasteiger partial charge is 0.397 e. The number of rotatable bonds is 4. The maximum absolute atomic E-state index is 12.8. The number of amides is 1. The molecule has 1 aromatic heterocycles. The number of carbonyl (C=O) groups excluding carboxylic acids is 1. The molecule has 3 rings (SSSR count). The zero-order chi connectivity index (χ0) is 18.0. The summed E-state index contributed by atoms with van der Waals surface area (Å²) < 4.78 is 27.3. The van der Waals surface area contributed by atoms with Gasteiger partial charge in [0.25, 0.3) is 10.0 Å². The van der Waals surface area contributed by atoms with Crippen LogP contribution in [0.5, 0.6) is 0 Å². The van der Waals surface area contributed by atoms with Gasteiger partial charge in [0.05, 0.1) is 17.3 Å². The molecular weight excluding hydrogens is 358 g/mol. The number of nitrogens with zero attached hydrogens (tertiary/aromatic N) is 1. The second-order valence-corrected chi connectivity index (χ2v) is 9.60. The first-order chi connectivity index (χ1) is 11.9. The van der Waals surface area contributed by atoms with Crippen LogP contribution in [-0.4, -0.2) is 31.7 Å². The fourth-order valence-electron chi connectivity index (χ4n) is 2.90. The number of carbonyl (C=O) groups is 1. The van der Waals surface area contributed by atoms with E-state index in [-0.39, 0.29) is 18.4 Å². The number of hydrogen-bond acceptors (Lipinski definition) is 5. The topological polar surface area (TPSA) is 92.5 Å². The van der Waals surface area contributed by atoms with Crippen LogP contribution in [0.1, 0.15) is 17.7 Å². The van der Waals surface area contributed by atoms with Gasteiger partial charge in [-0.25, -0.2) is 8.42 Å². The van der Waals surface area contributed by atoms with Crippen LogP contribution in [0.25, 0.3) is 0 Å². The fraction of sp³-hybridized carbons (Fsp3) is 0.353. The van der Waals surface area contributed by atoms with Crippen molar-refractivity contribution >= 4 is 38.6 Å². The van der Waals surface area contributed by atoms with Crippen LogP contribution in [0.15, 0.2) is 40.6 Å². The highest BCUT2D eigenvalue weighted by Crippen LogP contribution is 2.29. The molecule has 0 bridgehead atoms. The Kier molecular flexibility index (Phi) is 5.12. The number of nitrogens with two attached hydrogens (primary N) is 1. The predicted octanol–water partition coefficient (Wildman–Crippen LogP) is 2.68. The molecule has 6 nitrogen and oxygen atoms in total. The van der Waals surface area contributed by atoms with Crippen LogP contribution in [0.3, 0.4) is 0 Å². The Morgan fingerprint density at radius 1 is 1.28 bits per heavy atom. The Bertz CT molecular complexity index is 877. The van der Waals surface area contributed by atoms with E-state index in [9.17, 15) is 13.2 Å². The number of para-hydroxylation sites is 2. The second kappa shape index (κ2) is 7.15. The van der Waals surface area contributed by atoms with E-state index in [0.717, 1.165) is 4.88 Å². The lowest BCUT2D eigenvalue weighted by Gasteiger charge is -2.30. The van der Waals surface area contributed by atoms with Crippen molar-refractivity contribution in [3.8, 4) is 0 Å². The van der Waals surface area contributed by atoms with E-state index in [2.05, 4.69) is 5.32 Å². The summed E-state index contributed by atoms with van der Waals surface area (Å²) in [5, 5.41) is 2.81. The van der Waals surface area contributed by atoms with Gasteiger partial charge in [-0.2, -0.15) is 4.31 Å². The normalized spacial score (nSPS) is 18.8. The molecule has 3 N–H and O–H groups in total. The van der Waals surface area contributed by atoms with Crippen molar-refractivity contribution in [2.75, 3.05) is 24.1 Å². The summed E-state index contributed by atoms with van der Waals surface area (Å²) in [5.41, 5.74) is 6.90. The van der Waals surface area contributed by atoms with Crippen molar-refractivity contribution in [1.29, 1.82) is 0 Å². The average molecular weight is 380 g/mol. The van der Waals surface area contributed by atoms with E-state index < -0.39 is 10.0 Å². The lowest BCUT2D eigenvalue weighted by atomic mass is 9.98. The van der Waals surface area contributed by atoms with Gasteiger partial charge in [-0.1, -0.05) is 12.1 Å². The van der Waals surface area contributed by atoms with Crippen molar-refractivity contribution in [2.45, 2.75) is 24.0 Å². The summed E-state index contributed by atoms with van der Waals surface area (Å²) in [5.74, 6) is -0.579. The third-order valence-corrected chi connectivity index (χ3v) is 7.62. The number of anilines is 2. The molecule has 1 atom stereocenters. The highest BCUT2D eigenvalue weighted by molar-refractivity contribution is 7.91. The van der Waals surface area contributed by atoms with Crippen LogP contribution in [0.4, 0.5) is 11.4 Å². The van der Waals surface area contributed by atoms with Gasteiger partial charge >= 0.3 is 0 Å². The van der Waals surface area contributed by atoms with Gasteiger partial charge < -0.3 is 11.1 Å². The number of sulfonamides is 1. The van der Waals surface area contributed by atoms with Crippen molar-refractivity contribution in [3.05, 3.63) is 41.3 Å². The molecule has 0 spiro atoms. The van der Waals surface area contributed by atoms with Gasteiger partial charge in [-0.15, -0.1) is 11.3 Å². The van der Waals surface area contributed by atoms with E-state index in [1.807, 2.05) is 6.92 Å². The van der Waals surface area contributed by atoms with Gasteiger partial charge in [0.1, 0.15) is 4.21 Å². The van der Waals surface area contributed by atoms with Crippen molar-refractivity contribution in [2.24, 2.45) is 5.92 Å². The number of piperidine rings is 1. The lowest BCUT2D eigenvalue weighted by Crippen LogP contribution is -2.43. The minimum atomic E-state index is -3.54. The molecule has 1 amide bonds. The van der Waals surface area contributed by atoms with E-state index in [4.69, 9.17) is 5.73 Å². The molecule has 2 heterocycles. The number of aryl methyl sites for hydroxylation is 1. The van der Waals surface area contributed by atoms with Gasteiger partial charge in [-0.3, -0.25) is 4.79 Å². The van der Waals surface area contributed by atoms with Crippen LogP contribution < -0.4 is 11.1 Å². The molecule has 1 saturated heterocycles. The van der Waals surface area contributed by atoms with Crippen molar-refractivity contribution in [1.82, 2.24) is 4.31 Å². The smallest absolute Gasteiger partial charge is 0.252 e. The monoisotopic (exact) mass is 379 g/mol. The van der Waals surface area contributed by atoms with Gasteiger partial charge in [-0.05, 0) is 44.0 Å². The quantitative estimate of drug-likeness (QED) is 0.799. The Morgan fingerprint density at radius 3 is 2.72 bits per heavy atom. The molecule has 1 aliphatic rings. The molecule has 8 heteroatoms. The molecular formula is C17H21N3O3S2. The first kappa shape index (κ1) is 17.9. The third kappa shape index (κ3) is 3.86. The molecule has 1 unspecified atom stereocenters. The average Bonchev–Trinajstić information content (AvgIpc) is 3.04. The molecule has 0 radical (unpaired) electrons. The van der Waals surface area contributed by atoms with Crippen LogP contribution in [-0.2, 0) is 14.8 Å². The van der Waals surface area contributed by atoms with E-state index in [0.29, 0.717) is 35.0 Å². The second-order valence-electron chi connectivity index (χ2n) is 6.14. The Hall–Kier alpha value is -1.90. The molecule has 1 aromatic carbocycles. The minimum absolute atomic E-state index is 0.192. The molecule has 0 saturated carbocycles. The number of thiophene rings is 1. The highest BCUT2D eigenvalue weighted by atomic mass is 32.2. The van der Waals surface area contributed by atoms with Crippen LogP contribution in [0.2, 0.25) is 0 Å². The predicted molar refractivity (Wildman–Crippen MR) is 100 cm³/mol. The standard InChI is InChI=1S/C17H21N3O3S2/c1-12-8-9-16(24-12)25(22,23)20-10-4-5-13(11-20)17(21)19-15-7-3-2-6-14(15)18/h2-3,6-9,13H,4-5,10-11,18H2,1H3,(H,19,21). The first-order valence-corrected chi connectivity index (χ1v) is 10.4. The summed E-state index contributed by atoms with van der Waals surface area (Å²) in [6, 6.07) is 10.5. The summed E-state index contributed by atoms with van der Waals surface area (Å²) in [7, 11) is -3.54. The number of hydrogen-bond donors (Lipinski definition) is 2. The molecule has 1 fully saturated rings. The SMILES string of the molecule is Cc1ccc(S(=O)(=O)N2CCCC(C(=O)Nc3ccccc3N)C2)s1. The highest BCUT2D eigenvalue weighted by Gasteiger charge is 2.34. The Balaban J connectivity index is 1.73. The van der Waals surface area contributed by atoms with Gasteiger partial charge in [0, 0.05) is 18.0 Å². The van der Waals surface area contributed by atoms with E-state index in [1.54, 1.807) is 36.4 Å². The van der Waals surface area contributed by atoms with E-state index in [1.165, 1.54) is 15.6 Å². The molecule has 25 heavy (non-hydrogen) atoms. The maximum Gasteiger partial charge on any atom is 0.252 e. The van der Waals surface area contributed by atoms with E-state index >= 15 is 0 Å². The Morgan fingerprint density at radius 2 is 2.04 bits per heavy atom. The molecule has 134 valence electrons.